The van der Waals surface area contributed by atoms with Gasteiger partial charge < -0.3 is 9.84 Å². The first kappa shape index (κ1) is 26.2. The van der Waals surface area contributed by atoms with Crippen molar-refractivity contribution in [3.63, 3.8) is 0 Å². The molecular weight excluding hydrogens is 517 g/mol. The van der Waals surface area contributed by atoms with Gasteiger partial charge in [-0.2, -0.15) is 0 Å². The molecule has 0 radical (unpaired) electrons. The molecule has 0 saturated carbocycles. The quantitative estimate of drug-likeness (QED) is 0.111. The predicted octanol–water partition coefficient (Wildman–Crippen LogP) is 7.02. The summed E-state index contributed by atoms with van der Waals surface area (Å²) in [6.07, 6.45) is 7.74. The SMILES string of the molecule is C#Cc1nc(C2=C(C)[C@@H](OC(=C)C[C@H](I)C(C)(C)C(=C)[C@H](C)[C@@H](O)C(C)C)CC2)cs1. The molecule has 3 nitrogen and oxygen atoms in total. The van der Waals surface area contributed by atoms with Gasteiger partial charge in [0.25, 0.3) is 0 Å². The summed E-state index contributed by atoms with van der Waals surface area (Å²) in [5.74, 6) is 3.65. The van der Waals surface area contributed by atoms with Crippen molar-refractivity contribution < 1.29 is 9.84 Å². The highest BCUT2D eigenvalue weighted by atomic mass is 127. The topological polar surface area (TPSA) is 42.4 Å². The Labute approximate surface area is 206 Å². The van der Waals surface area contributed by atoms with Gasteiger partial charge in [-0.05, 0) is 48.2 Å². The first-order valence-electron chi connectivity index (χ1n) is 10.9. The van der Waals surface area contributed by atoms with E-state index in [0.717, 1.165) is 41.3 Å². The number of rotatable bonds is 10. The lowest BCUT2D eigenvalue weighted by Crippen LogP contribution is -2.35. The number of aliphatic hydroxyl groups excluding tert-OH is 1. The van der Waals surface area contributed by atoms with Crippen LogP contribution in [0.5, 0.6) is 0 Å². The molecular formula is C26H36INO2S. The maximum Gasteiger partial charge on any atom is 0.167 e. The van der Waals surface area contributed by atoms with E-state index < -0.39 is 0 Å². The molecule has 0 spiro atoms. The zero-order valence-electron chi connectivity index (χ0n) is 19.7. The fourth-order valence-electron chi connectivity index (χ4n) is 4.12. The Kier molecular flexibility index (Phi) is 9.01. The normalized spacial score (nSPS) is 19.8. The van der Waals surface area contributed by atoms with Crippen LogP contribution in [-0.2, 0) is 4.74 Å². The van der Waals surface area contributed by atoms with Crippen LogP contribution in [0.25, 0.3) is 5.57 Å². The number of hydrogen-bond donors (Lipinski definition) is 1. The second-order valence-corrected chi connectivity index (χ2v) is 11.8. The van der Waals surface area contributed by atoms with Crippen molar-refractivity contribution in [2.24, 2.45) is 17.3 Å². The molecule has 0 amide bonds. The van der Waals surface area contributed by atoms with E-state index >= 15 is 0 Å². The average molecular weight is 554 g/mol. The van der Waals surface area contributed by atoms with Gasteiger partial charge in [0.15, 0.2) is 5.01 Å². The minimum absolute atomic E-state index is 0.0371. The molecule has 0 unspecified atom stereocenters. The van der Waals surface area contributed by atoms with Gasteiger partial charge in [-0.1, -0.05) is 75.9 Å². The van der Waals surface area contributed by atoms with Crippen LogP contribution >= 0.6 is 33.9 Å². The minimum atomic E-state index is -0.389. The molecule has 31 heavy (non-hydrogen) atoms. The lowest BCUT2D eigenvalue weighted by Gasteiger charge is -2.38. The van der Waals surface area contributed by atoms with Crippen LogP contribution in [-0.4, -0.2) is 26.2 Å². The molecule has 1 heterocycles. The third-order valence-corrected chi connectivity index (χ3v) is 9.39. The highest BCUT2D eigenvalue weighted by molar-refractivity contribution is 14.1. The summed E-state index contributed by atoms with van der Waals surface area (Å²) in [6, 6.07) is 0. The molecule has 0 aromatic carbocycles. The summed E-state index contributed by atoms with van der Waals surface area (Å²) < 4.78 is 6.56. The van der Waals surface area contributed by atoms with E-state index in [0.29, 0.717) is 0 Å². The second-order valence-electron chi connectivity index (χ2n) is 9.47. The summed E-state index contributed by atoms with van der Waals surface area (Å²) in [7, 11) is 0. The van der Waals surface area contributed by atoms with Gasteiger partial charge in [-0.15, -0.1) is 17.8 Å². The lowest BCUT2D eigenvalue weighted by atomic mass is 9.72. The number of alkyl halides is 1. The van der Waals surface area contributed by atoms with Crippen LogP contribution in [0.1, 0.15) is 71.5 Å². The highest BCUT2D eigenvalue weighted by Gasteiger charge is 2.36. The molecule has 4 atom stereocenters. The van der Waals surface area contributed by atoms with E-state index in [4.69, 9.17) is 11.2 Å². The van der Waals surface area contributed by atoms with Crippen LogP contribution in [0, 0.1) is 29.6 Å². The predicted molar refractivity (Wildman–Crippen MR) is 141 cm³/mol. The maximum absolute atomic E-state index is 10.5. The van der Waals surface area contributed by atoms with Crippen molar-refractivity contribution in [2.45, 2.75) is 76.9 Å². The zero-order valence-corrected chi connectivity index (χ0v) is 22.6. The van der Waals surface area contributed by atoms with Gasteiger partial charge in [0.05, 0.1) is 17.6 Å². The Balaban J connectivity index is 2.01. The van der Waals surface area contributed by atoms with Gasteiger partial charge >= 0.3 is 0 Å². The fourth-order valence-corrected chi connectivity index (χ4v) is 5.64. The molecule has 1 aliphatic rings. The van der Waals surface area contributed by atoms with E-state index in [9.17, 15) is 5.11 Å². The van der Waals surface area contributed by atoms with Crippen molar-refractivity contribution in [3.8, 4) is 12.3 Å². The molecule has 1 aliphatic carbocycles. The van der Waals surface area contributed by atoms with E-state index in [-0.39, 0.29) is 33.4 Å². The molecule has 1 aromatic rings. The van der Waals surface area contributed by atoms with Gasteiger partial charge in [-0.3, -0.25) is 0 Å². The van der Waals surface area contributed by atoms with Crippen molar-refractivity contribution in [2.75, 3.05) is 0 Å². The Bertz CT molecular complexity index is 889. The summed E-state index contributed by atoms with van der Waals surface area (Å²) in [6.45, 7) is 21.3. The molecule has 5 heteroatoms. The van der Waals surface area contributed by atoms with Crippen LogP contribution < -0.4 is 0 Å². The standard InChI is InChI=1S/C26H36INO2S/c1-10-24-28-21(14-31-24)20-11-12-22(18(20)6)30-16(4)13-23(27)26(8,9)19(7)17(5)25(29)15(2)3/h1,14-15,17,22-23,25,29H,4,7,11-13H2,2-3,5-6,8-9H3/t17-,22-,23-,25-/m0/s1. The first-order chi connectivity index (χ1) is 14.4. The lowest BCUT2D eigenvalue weighted by molar-refractivity contribution is 0.0778. The third kappa shape index (κ3) is 6.03. The summed E-state index contributed by atoms with van der Waals surface area (Å²) in [5, 5.41) is 13.3. The number of nitrogens with zero attached hydrogens (tertiary/aromatic N) is 1. The van der Waals surface area contributed by atoms with Gasteiger partial charge in [0, 0.05) is 21.6 Å². The molecule has 1 N–H and O–H groups in total. The minimum Gasteiger partial charge on any atom is -0.491 e. The van der Waals surface area contributed by atoms with Crippen molar-refractivity contribution in [3.05, 3.63) is 46.1 Å². The molecule has 0 fully saturated rings. The molecule has 1 aromatic heterocycles. The molecule has 0 aliphatic heterocycles. The molecule has 170 valence electrons. The largest absolute Gasteiger partial charge is 0.491 e. The maximum atomic E-state index is 10.5. The van der Waals surface area contributed by atoms with E-state index in [1.165, 1.54) is 22.5 Å². The molecule has 2 rings (SSSR count). The van der Waals surface area contributed by atoms with Gasteiger partial charge in [0.2, 0.25) is 0 Å². The number of aliphatic hydroxyl groups is 1. The number of aromatic nitrogens is 1. The Morgan fingerprint density at radius 1 is 1.42 bits per heavy atom. The summed E-state index contributed by atoms with van der Waals surface area (Å²) >= 11 is 3.98. The van der Waals surface area contributed by atoms with Crippen molar-refractivity contribution in [1.82, 2.24) is 4.98 Å². The van der Waals surface area contributed by atoms with Crippen LogP contribution in [0.2, 0.25) is 0 Å². The van der Waals surface area contributed by atoms with Gasteiger partial charge in [0.1, 0.15) is 6.10 Å². The van der Waals surface area contributed by atoms with Crippen LogP contribution in [0.15, 0.2) is 35.4 Å². The number of allylic oxidation sites excluding steroid dienone is 2. The van der Waals surface area contributed by atoms with E-state index in [2.05, 4.69) is 74.3 Å². The number of terminal acetylenes is 1. The van der Waals surface area contributed by atoms with Crippen molar-refractivity contribution >= 4 is 39.5 Å². The third-order valence-electron chi connectivity index (χ3n) is 6.62. The fraction of sp³-hybridized carbons (Fsp3) is 0.577. The average Bonchev–Trinajstić information content (AvgIpc) is 3.32. The zero-order chi connectivity index (χ0) is 23.5. The monoisotopic (exact) mass is 553 g/mol. The molecule has 0 bridgehead atoms. The smallest absolute Gasteiger partial charge is 0.167 e. The van der Waals surface area contributed by atoms with Crippen molar-refractivity contribution in [1.29, 1.82) is 0 Å². The Hall–Kier alpha value is -1.10. The van der Waals surface area contributed by atoms with E-state index in [1.54, 1.807) is 0 Å². The van der Waals surface area contributed by atoms with Gasteiger partial charge in [-0.25, -0.2) is 4.98 Å². The number of ether oxygens (including phenoxy) is 1. The first-order valence-corrected chi connectivity index (χ1v) is 13.0. The van der Waals surface area contributed by atoms with E-state index in [1.807, 2.05) is 19.2 Å². The summed E-state index contributed by atoms with van der Waals surface area (Å²) in [4.78, 5) is 4.53. The number of halogens is 1. The molecule has 0 saturated heterocycles. The Morgan fingerprint density at radius 2 is 2.06 bits per heavy atom. The Morgan fingerprint density at radius 3 is 2.61 bits per heavy atom. The second kappa shape index (κ2) is 10.7. The highest BCUT2D eigenvalue weighted by Crippen LogP contribution is 2.43. The van der Waals surface area contributed by atoms with Crippen LogP contribution in [0.4, 0.5) is 0 Å². The summed E-state index contributed by atoms with van der Waals surface area (Å²) in [5.41, 5.74) is 4.37. The number of thiazole rings is 1. The number of hydrogen-bond acceptors (Lipinski definition) is 4. The van der Waals surface area contributed by atoms with Crippen LogP contribution in [0.3, 0.4) is 0 Å².